The minimum Gasteiger partial charge on any atom is -0.448 e. The van der Waals surface area contributed by atoms with Crippen LogP contribution in [0.4, 0.5) is 0 Å². The Balaban J connectivity index is 1.76. The molecular weight excluding hydrogens is 364 g/mol. The second kappa shape index (κ2) is 6.62. The van der Waals surface area contributed by atoms with Gasteiger partial charge in [-0.05, 0) is 38.0 Å². The van der Waals surface area contributed by atoms with E-state index in [1.807, 2.05) is 24.4 Å². The van der Waals surface area contributed by atoms with Crippen LogP contribution >= 0.6 is 11.6 Å². The molecule has 0 saturated carbocycles. The molecule has 0 aliphatic carbocycles. The van der Waals surface area contributed by atoms with Gasteiger partial charge in [0.05, 0.1) is 36.0 Å². The predicted molar refractivity (Wildman–Crippen MR) is 103 cm³/mol. The van der Waals surface area contributed by atoms with Gasteiger partial charge >= 0.3 is 0 Å². The molecule has 3 aromatic heterocycles. The van der Waals surface area contributed by atoms with Crippen LogP contribution in [0, 0.1) is 0 Å². The number of nitrogens with zero attached hydrogens (tertiary/aromatic N) is 4. The molecule has 0 spiro atoms. The first-order valence-electron chi connectivity index (χ1n) is 9.13. The Morgan fingerprint density at radius 1 is 1.26 bits per heavy atom. The molecule has 1 aliphatic rings. The van der Waals surface area contributed by atoms with Gasteiger partial charge in [0.25, 0.3) is 0 Å². The van der Waals surface area contributed by atoms with E-state index in [4.69, 9.17) is 25.7 Å². The fourth-order valence-corrected chi connectivity index (χ4v) is 4.18. The minimum absolute atomic E-state index is 0.219. The number of hydrogen-bond acceptors (Lipinski definition) is 5. The third-order valence-electron chi connectivity index (χ3n) is 5.19. The molecule has 4 heterocycles. The van der Waals surface area contributed by atoms with E-state index in [2.05, 4.69) is 21.5 Å². The standard InChI is InChI=1S/C20H19ClN4O2/c1-12-6-14(4-5-26-12)25-19(8-15-9-22-11-27-15)24-18-10-23-17-3-2-13(21)7-16(17)20(18)25/h2-3,7,9-12,14H,4-6,8H2,1H3/t12-,14-/m1/s1. The highest BCUT2D eigenvalue weighted by Gasteiger charge is 2.26. The van der Waals surface area contributed by atoms with E-state index in [0.29, 0.717) is 17.5 Å². The van der Waals surface area contributed by atoms with Crippen molar-refractivity contribution < 1.29 is 9.15 Å². The fraction of sp³-hybridized carbons (Fsp3) is 0.350. The Kier molecular flexibility index (Phi) is 4.10. The lowest BCUT2D eigenvalue weighted by molar-refractivity contribution is 0.00629. The number of halogens is 1. The number of hydrogen-bond donors (Lipinski definition) is 0. The van der Waals surface area contributed by atoms with Crippen molar-refractivity contribution in [2.45, 2.75) is 38.3 Å². The van der Waals surface area contributed by atoms with Crippen molar-refractivity contribution in [2.75, 3.05) is 6.61 Å². The second-order valence-electron chi connectivity index (χ2n) is 7.06. The summed E-state index contributed by atoms with van der Waals surface area (Å²) in [5, 5.41) is 1.72. The van der Waals surface area contributed by atoms with Crippen LogP contribution in [-0.4, -0.2) is 32.2 Å². The SMILES string of the molecule is C[C@@H]1C[C@H](n2c(Cc3cnco3)nc3cnc4ccc(Cl)cc4c32)CCO1. The summed E-state index contributed by atoms with van der Waals surface area (Å²) in [6.07, 6.45) is 7.73. The molecule has 0 radical (unpaired) electrons. The van der Waals surface area contributed by atoms with Gasteiger partial charge in [-0.15, -0.1) is 0 Å². The topological polar surface area (TPSA) is 66.0 Å². The fourth-order valence-electron chi connectivity index (χ4n) is 4.01. The van der Waals surface area contributed by atoms with E-state index in [0.717, 1.165) is 53.0 Å². The monoisotopic (exact) mass is 382 g/mol. The largest absolute Gasteiger partial charge is 0.448 e. The number of imidazole rings is 1. The van der Waals surface area contributed by atoms with Crippen LogP contribution in [0.1, 0.15) is 37.4 Å². The number of benzene rings is 1. The number of oxazole rings is 1. The Bertz CT molecular complexity index is 1110. The molecule has 0 bridgehead atoms. The smallest absolute Gasteiger partial charge is 0.180 e. The van der Waals surface area contributed by atoms with Crippen LogP contribution < -0.4 is 0 Å². The number of ether oxygens (including phenoxy) is 1. The summed E-state index contributed by atoms with van der Waals surface area (Å²) < 4.78 is 13.6. The van der Waals surface area contributed by atoms with Gasteiger partial charge < -0.3 is 13.7 Å². The zero-order valence-corrected chi connectivity index (χ0v) is 15.7. The maximum Gasteiger partial charge on any atom is 0.180 e. The Morgan fingerprint density at radius 2 is 2.19 bits per heavy atom. The molecule has 1 aromatic carbocycles. The maximum atomic E-state index is 6.30. The van der Waals surface area contributed by atoms with Crippen LogP contribution in [0.15, 0.2) is 41.4 Å². The van der Waals surface area contributed by atoms with Gasteiger partial charge in [0.15, 0.2) is 6.39 Å². The number of aromatic nitrogens is 4. The number of pyridine rings is 1. The molecule has 138 valence electrons. The van der Waals surface area contributed by atoms with Crippen LogP contribution in [-0.2, 0) is 11.2 Å². The van der Waals surface area contributed by atoms with Gasteiger partial charge in [-0.1, -0.05) is 11.6 Å². The highest BCUT2D eigenvalue weighted by atomic mass is 35.5. The van der Waals surface area contributed by atoms with E-state index >= 15 is 0 Å². The molecule has 5 rings (SSSR count). The maximum absolute atomic E-state index is 6.30. The van der Waals surface area contributed by atoms with Gasteiger partial charge in [0, 0.05) is 23.1 Å². The first-order chi connectivity index (χ1) is 13.2. The first kappa shape index (κ1) is 16.7. The highest BCUT2D eigenvalue weighted by molar-refractivity contribution is 6.31. The summed E-state index contributed by atoms with van der Waals surface area (Å²) in [5.41, 5.74) is 2.87. The average Bonchev–Trinajstić information content (AvgIpc) is 3.29. The molecule has 6 nitrogen and oxygen atoms in total. The van der Waals surface area contributed by atoms with Crippen molar-refractivity contribution >= 4 is 33.5 Å². The summed E-state index contributed by atoms with van der Waals surface area (Å²) in [6.45, 7) is 2.87. The molecule has 0 amide bonds. The summed E-state index contributed by atoms with van der Waals surface area (Å²) in [5.74, 6) is 1.75. The number of fused-ring (bicyclic) bond motifs is 3. The quantitative estimate of drug-likeness (QED) is 0.519. The Labute approximate surface area is 161 Å². The van der Waals surface area contributed by atoms with Crippen molar-refractivity contribution in [3.05, 3.63) is 53.6 Å². The molecule has 7 heteroatoms. The van der Waals surface area contributed by atoms with Crippen LogP contribution in [0.5, 0.6) is 0 Å². The van der Waals surface area contributed by atoms with Crippen molar-refractivity contribution in [3.8, 4) is 0 Å². The first-order valence-corrected chi connectivity index (χ1v) is 9.51. The van der Waals surface area contributed by atoms with Gasteiger partial charge in [0.2, 0.25) is 0 Å². The molecule has 2 atom stereocenters. The average molecular weight is 383 g/mol. The van der Waals surface area contributed by atoms with Gasteiger partial charge in [0.1, 0.15) is 17.1 Å². The third kappa shape index (κ3) is 2.99. The van der Waals surface area contributed by atoms with Crippen molar-refractivity contribution in [1.82, 2.24) is 19.5 Å². The second-order valence-corrected chi connectivity index (χ2v) is 7.49. The van der Waals surface area contributed by atoms with E-state index < -0.39 is 0 Å². The zero-order chi connectivity index (χ0) is 18.4. The van der Waals surface area contributed by atoms with Crippen LogP contribution in [0.2, 0.25) is 5.02 Å². The van der Waals surface area contributed by atoms with Gasteiger partial charge in [-0.3, -0.25) is 4.98 Å². The van der Waals surface area contributed by atoms with E-state index in [9.17, 15) is 0 Å². The van der Waals surface area contributed by atoms with E-state index in [-0.39, 0.29) is 6.10 Å². The molecule has 1 fully saturated rings. The van der Waals surface area contributed by atoms with Crippen molar-refractivity contribution in [3.63, 3.8) is 0 Å². The molecule has 1 saturated heterocycles. The molecule has 1 aliphatic heterocycles. The van der Waals surface area contributed by atoms with Gasteiger partial charge in [-0.25, -0.2) is 9.97 Å². The van der Waals surface area contributed by atoms with Crippen LogP contribution in [0.3, 0.4) is 0 Å². The predicted octanol–water partition coefficient (Wildman–Crippen LogP) is 4.56. The summed E-state index contributed by atoms with van der Waals surface area (Å²) in [7, 11) is 0. The van der Waals surface area contributed by atoms with E-state index in [1.54, 1.807) is 6.20 Å². The summed E-state index contributed by atoms with van der Waals surface area (Å²) in [4.78, 5) is 13.5. The lowest BCUT2D eigenvalue weighted by Gasteiger charge is -2.30. The molecule has 27 heavy (non-hydrogen) atoms. The lowest BCUT2D eigenvalue weighted by atomic mass is 10.0. The molecular formula is C20H19ClN4O2. The lowest BCUT2D eigenvalue weighted by Crippen LogP contribution is -2.26. The summed E-state index contributed by atoms with van der Waals surface area (Å²) in [6, 6.07) is 6.11. The Morgan fingerprint density at radius 3 is 3.00 bits per heavy atom. The van der Waals surface area contributed by atoms with Gasteiger partial charge in [-0.2, -0.15) is 0 Å². The molecule has 0 unspecified atom stereocenters. The Hall–Kier alpha value is -2.44. The van der Waals surface area contributed by atoms with Crippen molar-refractivity contribution in [1.29, 1.82) is 0 Å². The minimum atomic E-state index is 0.219. The molecule has 4 aromatic rings. The normalized spacial score (nSPS) is 20.5. The highest BCUT2D eigenvalue weighted by Crippen LogP contribution is 2.34. The molecule has 0 N–H and O–H groups in total. The zero-order valence-electron chi connectivity index (χ0n) is 14.9. The van der Waals surface area contributed by atoms with Crippen molar-refractivity contribution in [2.24, 2.45) is 0 Å². The van der Waals surface area contributed by atoms with E-state index in [1.165, 1.54) is 6.39 Å². The number of rotatable bonds is 3. The summed E-state index contributed by atoms with van der Waals surface area (Å²) >= 11 is 6.30. The third-order valence-corrected chi connectivity index (χ3v) is 5.42. The van der Waals surface area contributed by atoms with Crippen LogP contribution in [0.25, 0.3) is 21.9 Å².